The molecule has 7 heteroatoms. The summed E-state index contributed by atoms with van der Waals surface area (Å²) in [7, 11) is 0. The SMILES string of the molecule is C=O.CC.CC(=O)CCCC(=O)ON1C(=O)CCC1=O. The molecule has 0 atom stereocenters. The predicted molar refractivity (Wildman–Crippen MR) is 70.2 cm³/mol. The van der Waals surface area contributed by atoms with Gasteiger partial charge in [-0.05, 0) is 13.3 Å². The Morgan fingerprint density at radius 2 is 1.55 bits per heavy atom. The van der Waals surface area contributed by atoms with E-state index in [4.69, 9.17) is 4.79 Å². The van der Waals surface area contributed by atoms with Crippen LogP contribution in [0, 0.1) is 0 Å². The molecule has 7 nitrogen and oxygen atoms in total. The van der Waals surface area contributed by atoms with Crippen molar-refractivity contribution in [2.45, 2.75) is 52.9 Å². The van der Waals surface area contributed by atoms with E-state index in [0.29, 0.717) is 11.5 Å². The molecule has 0 aromatic heterocycles. The lowest BCUT2D eigenvalue weighted by atomic mass is 10.2. The van der Waals surface area contributed by atoms with E-state index in [1.807, 2.05) is 20.6 Å². The van der Waals surface area contributed by atoms with Crippen molar-refractivity contribution in [3.63, 3.8) is 0 Å². The molecular formula is C13H21NO6. The van der Waals surface area contributed by atoms with Crippen molar-refractivity contribution in [1.29, 1.82) is 0 Å². The summed E-state index contributed by atoms with van der Waals surface area (Å²) in [5.74, 6) is -1.67. The van der Waals surface area contributed by atoms with Gasteiger partial charge in [0.15, 0.2) is 0 Å². The van der Waals surface area contributed by atoms with E-state index < -0.39 is 17.8 Å². The summed E-state index contributed by atoms with van der Waals surface area (Å²) in [6.45, 7) is 7.43. The molecular weight excluding hydrogens is 266 g/mol. The number of amides is 2. The maximum atomic E-state index is 11.2. The molecule has 0 radical (unpaired) electrons. The smallest absolute Gasteiger partial charge is 0.330 e. The molecule has 0 unspecified atom stereocenters. The normalized spacial score (nSPS) is 12.8. The Labute approximate surface area is 118 Å². The van der Waals surface area contributed by atoms with Crippen molar-refractivity contribution in [1.82, 2.24) is 5.06 Å². The third kappa shape index (κ3) is 8.12. The number of rotatable bonds is 5. The first-order valence-electron chi connectivity index (χ1n) is 6.35. The summed E-state index contributed by atoms with van der Waals surface area (Å²) in [6.07, 6.45) is 0.844. The predicted octanol–water partition coefficient (Wildman–Crippen LogP) is 1.19. The maximum absolute atomic E-state index is 11.2. The minimum atomic E-state index is -0.662. The molecule has 20 heavy (non-hydrogen) atoms. The molecule has 0 bridgehead atoms. The van der Waals surface area contributed by atoms with Crippen molar-refractivity contribution >= 4 is 30.4 Å². The number of hydroxylamine groups is 2. The Hall–Kier alpha value is -2.05. The highest BCUT2D eigenvalue weighted by molar-refractivity contribution is 6.01. The van der Waals surface area contributed by atoms with Gasteiger partial charge in [-0.1, -0.05) is 13.8 Å². The summed E-state index contributed by atoms with van der Waals surface area (Å²) in [4.78, 5) is 56.5. The van der Waals surface area contributed by atoms with Gasteiger partial charge in [-0.25, -0.2) is 4.79 Å². The van der Waals surface area contributed by atoms with Crippen molar-refractivity contribution in [2.24, 2.45) is 0 Å². The van der Waals surface area contributed by atoms with Gasteiger partial charge >= 0.3 is 5.97 Å². The number of ketones is 1. The summed E-state index contributed by atoms with van der Waals surface area (Å²) in [6, 6.07) is 0. The quantitative estimate of drug-likeness (QED) is 0.704. The van der Waals surface area contributed by atoms with E-state index in [0.717, 1.165) is 0 Å². The van der Waals surface area contributed by atoms with Crippen LogP contribution in [0.5, 0.6) is 0 Å². The molecule has 1 saturated heterocycles. The first kappa shape index (κ1) is 20.3. The number of carbonyl (C=O) groups is 5. The molecule has 0 aromatic carbocycles. The zero-order chi connectivity index (χ0) is 16.1. The van der Waals surface area contributed by atoms with Crippen molar-refractivity contribution in [2.75, 3.05) is 0 Å². The molecule has 2 amide bonds. The molecule has 1 aliphatic rings. The van der Waals surface area contributed by atoms with Crippen LogP contribution in [0.25, 0.3) is 0 Å². The van der Waals surface area contributed by atoms with E-state index in [1.54, 1.807) is 0 Å². The fourth-order valence-corrected chi connectivity index (χ4v) is 1.29. The zero-order valence-corrected chi connectivity index (χ0v) is 12.1. The van der Waals surface area contributed by atoms with Gasteiger partial charge in [-0.2, -0.15) is 0 Å². The molecule has 1 heterocycles. The Morgan fingerprint density at radius 1 is 1.10 bits per heavy atom. The summed E-state index contributed by atoms with van der Waals surface area (Å²) in [5, 5.41) is 0.510. The van der Waals surface area contributed by atoms with Crippen LogP contribution in [-0.4, -0.2) is 35.4 Å². The number of nitrogens with zero attached hydrogens (tertiary/aromatic N) is 1. The van der Waals surface area contributed by atoms with E-state index in [9.17, 15) is 19.2 Å². The fraction of sp³-hybridized carbons (Fsp3) is 0.615. The van der Waals surface area contributed by atoms with Crippen LogP contribution in [0.1, 0.15) is 52.9 Å². The van der Waals surface area contributed by atoms with Crippen molar-refractivity contribution in [3.8, 4) is 0 Å². The van der Waals surface area contributed by atoms with Crippen LogP contribution in [0.15, 0.2) is 0 Å². The number of hydrogen-bond acceptors (Lipinski definition) is 6. The molecule has 1 rings (SSSR count). The Kier molecular flexibility index (Phi) is 12.2. The topological polar surface area (TPSA) is 97.8 Å². The van der Waals surface area contributed by atoms with Gasteiger partial charge in [0, 0.05) is 25.7 Å². The van der Waals surface area contributed by atoms with E-state index >= 15 is 0 Å². The van der Waals surface area contributed by atoms with Crippen LogP contribution < -0.4 is 0 Å². The van der Waals surface area contributed by atoms with Gasteiger partial charge in [-0.15, -0.1) is 5.06 Å². The summed E-state index contributed by atoms with van der Waals surface area (Å²) >= 11 is 0. The average molecular weight is 287 g/mol. The van der Waals surface area contributed by atoms with Crippen LogP contribution in [0.4, 0.5) is 0 Å². The Morgan fingerprint density at radius 3 is 1.95 bits per heavy atom. The molecule has 0 spiro atoms. The van der Waals surface area contributed by atoms with E-state index in [2.05, 4.69) is 4.84 Å². The standard InChI is InChI=1S/C10H13NO5.C2H6.CH2O/c1-7(12)3-2-4-10(15)16-11-8(13)5-6-9(11)14;2*1-2/h2-6H2,1H3;1-2H3;1H2. The fourth-order valence-electron chi connectivity index (χ4n) is 1.29. The van der Waals surface area contributed by atoms with Crippen LogP contribution in [0.2, 0.25) is 0 Å². The Bertz CT molecular complexity index is 337. The van der Waals surface area contributed by atoms with Crippen molar-refractivity contribution in [3.05, 3.63) is 0 Å². The Balaban J connectivity index is 0. The van der Waals surface area contributed by atoms with Gasteiger partial charge in [0.25, 0.3) is 11.8 Å². The third-order valence-electron chi connectivity index (χ3n) is 2.11. The van der Waals surface area contributed by atoms with Crippen molar-refractivity contribution < 1.29 is 28.8 Å². The zero-order valence-electron chi connectivity index (χ0n) is 12.1. The van der Waals surface area contributed by atoms with Crippen LogP contribution >= 0.6 is 0 Å². The highest BCUT2D eigenvalue weighted by Gasteiger charge is 2.32. The second-order valence-corrected chi connectivity index (χ2v) is 3.60. The number of hydrogen-bond donors (Lipinski definition) is 0. The number of imide groups is 1. The first-order chi connectivity index (χ1) is 9.50. The lowest BCUT2D eigenvalue weighted by molar-refractivity contribution is -0.197. The molecule has 0 aliphatic carbocycles. The van der Waals surface area contributed by atoms with Crippen LogP contribution in [0.3, 0.4) is 0 Å². The number of Topliss-reactive ketones (excluding diaryl/α,β-unsaturated/α-hetero) is 1. The second-order valence-electron chi connectivity index (χ2n) is 3.60. The maximum Gasteiger partial charge on any atom is 0.333 e. The van der Waals surface area contributed by atoms with E-state index in [-0.39, 0.29) is 31.5 Å². The average Bonchev–Trinajstić information content (AvgIpc) is 2.75. The van der Waals surface area contributed by atoms with Gasteiger partial charge < -0.3 is 14.4 Å². The molecule has 1 fully saturated rings. The number of carbonyl (C=O) groups excluding carboxylic acids is 5. The van der Waals surface area contributed by atoms with Crippen LogP contribution in [-0.2, 0) is 28.8 Å². The van der Waals surface area contributed by atoms with E-state index in [1.165, 1.54) is 6.92 Å². The van der Waals surface area contributed by atoms with Gasteiger partial charge in [-0.3, -0.25) is 9.59 Å². The molecule has 0 aromatic rings. The minimum Gasteiger partial charge on any atom is -0.330 e. The van der Waals surface area contributed by atoms with Gasteiger partial charge in [0.2, 0.25) is 0 Å². The summed E-state index contributed by atoms with van der Waals surface area (Å²) < 4.78 is 0. The monoisotopic (exact) mass is 287 g/mol. The molecule has 114 valence electrons. The highest BCUT2D eigenvalue weighted by atomic mass is 16.7. The highest BCUT2D eigenvalue weighted by Crippen LogP contribution is 2.13. The largest absolute Gasteiger partial charge is 0.333 e. The lowest BCUT2D eigenvalue weighted by Gasteiger charge is -2.12. The second kappa shape index (κ2) is 12.0. The molecule has 0 saturated carbocycles. The third-order valence-corrected chi connectivity index (χ3v) is 2.11. The molecule has 0 N–H and O–H groups in total. The van der Waals surface area contributed by atoms with Gasteiger partial charge in [0.1, 0.15) is 12.6 Å². The lowest BCUT2D eigenvalue weighted by Crippen LogP contribution is -2.31. The van der Waals surface area contributed by atoms with Gasteiger partial charge in [0.05, 0.1) is 0 Å². The minimum absolute atomic E-state index is 0.0128. The molecule has 1 aliphatic heterocycles. The first-order valence-corrected chi connectivity index (χ1v) is 6.35. The summed E-state index contributed by atoms with van der Waals surface area (Å²) in [5.41, 5.74) is 0.